The third-order valence-corrected chi connectivity index (χ3v) is 5.01. The van der Waals surface area contributed by atoms with Gasteiger partial charge in [-0.25, -0.2) is 9.50 Å². The van der Waals surface area contributed by atoms with E-state index in [4.69, 9.17) is 5.10 Å². The Morgan fingerprint density at radius 2 is 1.88 bits per heavy atom. The summed E-state index contributed by atoms with van der Waals surface area (Å²) in [7, 11) is 0. The summed E-state index contributed by atoms with van der Waals surface area (Å²) < 4.78 is 1.86. The summed E-state index contributed by atoms with van der Waals surface area (Å²) in [5, 5.41) is 4.77. The average Bonchev–Trinajstić information content (AvgIpc) is 3.14. The fraction of sp³-hybridized carbons (Fsp3) is 0.381. The SMILES string of the molecule is CCCc1c(C(=O)N2CCCCC2)cnc2cc(-c3ccccc3)nn12. The van der Waals surface area contributed by atoms with Crippen molar-refractivity contribution in [2.75, 3.05) is 13.1 Å². The molecule has 0 radical (unpaired) electrons. The van der Waals surface area contributed by atoms with E-state index in [0.717, 1.165) is 61.4 Å². The number of likely N-dealkylation sites (tertiary alicyclic amines) is 1. The molecule has 1 saturated heterocycles. The zero-order valence-electron chi connectivity index (χ0n) is 15.2. The topological polar surface area (TPSA) is 50.5 Å². The highest BCUT2D eigenvalue weighted by Gasteiger charge is 2.23. The van der Waals surface area contributed by atoms with Gasteiger partial charge in [-0.1, -0.05) is 43.7 Å². The molecule has 1 aliphatic heterocycles. The van der Waals surface area contributed by atoms with Gasteiger partial charge in [0.25, 0.3) is 5.91 Å². The summed E-state index contributed by atoms with van der Waals surface area (Å²) >= 11 is 0. The second-order valence-electron chi connectivity index (χ2n) is 6.89. The van der Waals surface area contributed by atoms with Gasteiger partial charge >= 0.3 is 0 Å². The number of carbonyl (C=O) groups is 1. The van der Waals surface area contributed by atoms with Crippen LogP contribution in [-0.4, -0.2) is 38.5 Å². The molecule has 26 heavy (non-hydrogen) atoms. The molecule has 4 rings (SSSR count). The van der Waals surface area contributed by atoms with Crippen molar-refractivity contribution in [3.05, 3.63) is 53.9 Å². The summed E-state index contributed by atoms with van der Waals surface area (Å²) in [4.78, 5) is 19.6. The normalized spacial score (nSPS) is 14.7. The van der Waals surface area contributed by atoms with Gasteiger partial charge in [0.1, 0.15) is 0 Å². The van der Waals surface area contributed by atoms with Crippen LogP contribution in [0.5, 0.6) is 0 Å². The number of hydrogen-bond acceptors (Lipinski definition) is 3. The van der Waals surface area contributed by atoms with Gasteiger partial charge in [0.05, 0.1) is 17.0 Å². The number of hydrogen-bond donors (Lipinski definition) is 0. The van der Waals surface area contributed by atoms with Crippen LogP contribution in [0.25, 0.3) is 16.9 Å². The van der Waals surface area contributed by atoms with Gasteiger partial charge < -0.3 is 4.90 Å². The molecule has 134 valence electrons. The molecular weight excluding hydrogens is 324 g/mol. The minimum absolute atomic E-state index is 0.0966. The second-order valence-corrected chi connectivity index (χ2v) is 6.89. The smallest absolute Gasteiger partial charge is 0.257 e. The van der Waals surface area contributed by atoms with E-state index in [2.05, 4.69) is 11.9 Å². The maximum atomic E-state index is 13.1. The van der Waals surface area contributed by atoms with Crippen LogP contribution in [0.1, 0.15) is 48.7 Å². The van der Waals surface area contributed by atoms with Crippen LogP contribution in [0, 0.1) is 0 Å². The first-order valence-corrected chi connectivity index (χ1v) is 9.50. The van der Waals surface area contributed by atoms with E-state index >= 15 is 0 Å². The average molecular weight is 348 g/mol. The summed E-state index contributed by atoms with van der Waals surface area (Å²) in [5.41, 5.74) is 4.41. The van der Waals surface area contributed by atoms with Crippen molar-refractivity contribution in [2.24, 2.45) is 0 Å². The largest absolute Gasteiger partial charge is 0.339 e. The lowest BCUT2D eigenvalue weighted by molar-refractivity contribution is 0.0722. The zero-order chi connectivity index (χ0) is 17.9. The monoisotopic (exact) mass is 348 g/mol. The van der Waals surface area contributed by atoms with E-state index in [1.807, 2.05) is 45.8 Å². The maximum absolute atomic E-state index is 13.1. The Kier molecular flexibility index (Phi) is 4.69. The van der Waals surface area contributed by atoms with Crippen molar-refractivity contribution in [3.63, 3.8) is 0 Å². The molecule has 2 aromatic heterocycles. The lowest BCUT2D eigenvalue weighted by atomic mass is 10.1. The van der Waals surface area contributed by atoms with Gasteiger partial charge in [-0.05, 0) is 25.7 Å². The predicted octanol–water partition coefficient (Wildman–Crippen LogP) is 3.97. The van der Waals surface area contributed by atoms with E-state index in [-0.39, 0.29) is 5.91 Å². The molecule has 0 atom stereocenters. The van der Waals surface area contributed by atoms with E-state index in [1.165, 1.54) is 6.42 Å². The Hall–Kier alpha value is -2.69. The van der Waals surface area contributed by atoms with Crippen LogP contribution in [0.4, 0.5) is 0 Å². The molecular formula is C21H24N4O. The third kappa shape index (κ3) is 3.09. The third-order valence-electron chi connectivity index (χ3n) is 5.01. The number of fused-ring (bicyclic) bond motifs is 1. The summed E-state index contributed by atoms with van der Waals surface area (Å²) in [6.45, 7) is 3.82. The number of nitrogens with zero attached hydrogens (tertiary/aromatic N) is 4. The van der Waals surface area contributed by atoms with Gasteiger partial charge in [-0.3, -0.25) is 4.79 Å². The van der Waals surface area contributed by atoms with Crippen molar-refractivity contribution in [1.29, 1.82) is 0 Å². The standard InChI is InChI=1S/C21H24N4O/c1-2-9-19-17(21(26)24-12-7-4-8-13-24)15-22-20-14-18(23-25(19)20)16-10-5-3-6-11-16/h3,5-6,10-11,14-15H,2,4,7-9,12-13H2,1H3. The molecule has 0 aliphatic carbocycles. The number of amides is 1. The molecule has 0 unspecified atom stereocenters. The van der Waals surface area contributed by atoms with Crippen LogP contribution in [0.2, 0.25) is 0 Å². The van der Waals surface area contributed by atoms with Crippen LogP contribution in [-0.2, 0) is 6.42 Å². The molecule has 0 bridgehead atoms. The molecule has 1 aromatic carbocycles. The molecule has 0 N–H and O–H groups in total. The maximum Gasteiger partial charge on any atom is 0.257 e. The molecule has 0 spiro atoms. The van der Waals surface area contributed by atoms with Gasteiger partial charge in [-0.2, -0.15) is 5.10 Å². The molecule has 0 saturated carbocycles. The lowest BCUT2D eigenvalue weighted by Crippen LogP contribution is -2.36. The number of aryl methyl sites for hydroxylation is 1. The number of aromatic nitrogens is 3. The fourth-order valence-electron chi connectivity index (χ4n) is 3.65. The van der Waals surface area contributed by atoms with E-state index in [9.17, 15) is 4.79 Å². The van der Waals surface area contributed by atoms with Crippen molar-refractivity contribution in [1.82, 2.24) is 19.5 Å². The van der Waals surface area contributed by atoms with Crippen LogP contribution >= 0.6 is 0 Å². The van der Waals surface area contributed by atoms with Gasteiger partial charge in [0.2, 0.25) is 0 Å². The van der Waals surface area contributed by atoms with Crippen LogP contribution in [0.3, 0.4) is 0 Å². The predicted molar refractivity (Wildman–Crippen MR) is 102 cm³/mol. The number of carbonyl (C=O) groups excluding carboxylic acids is 1. The van der Waals surface area contributed by atoms with Crippen LogP contribution < -0.4 is 0 Å². The Morgan fingerprint density at radius 1 is 1.12 bits per heavy atom. The highest BCUT2D eigenvalue weighted by molar-refractivity contribution is 5.95. The lowest BCUT2D eigenvalue weighted by Gasteiger charge is -2.27. The first-order valence-electron chi connectivity index (χ1n) is 9.50. The molecule has 5 nitrogen and oxygen atoms in total. The number of benzene rings is 1. The Labute approximate surface area is 153 Å². The first-order chi connectivity index (χ1) is 12.8. The highest BCUT2D eigenvalue weighted by Crippen LogP contribution is 2.22. The molecule has 1 aliphatic rings. The summed E-state index contributed by atoms with van der Waals surface area (Å²) in [6.07, 6.45) is 6.90. The molecule has 1 fully saturated rings. The first kappa shape index (κ1) is 16.8. The second kappa shape index (κ2) is 7.28. The fourth-order valence-corrected chi connectivity index (χ4v) is 3.65. The van der Waals surface area contributed by atoms with E-state index in [1.54, 1.807) is 6.20 Å². The molecule has 5 heteroatoms. The molecule has 3 heterocycles. The van der Waals surface area contributed by atoms with Gasteiger partial charge in [0.15, 0.2) is 5.65 Å². The van der Waals surface area contributed by atoms with Crippen molar-refractivity contribution in [3.8, 4) is 11.3 Å². The Balaban J connectivity index is 1.78. The van der Waals surface area contributed by atoms with Crippen molar-refractivity contribution in [2.45, 2.75) is 39.0 Å². The minimum atomic E-state index is 0.0966. The van der Waals surface area contributed by atoms with Crippen LogP contribution in [0.15, 0.2) is 42.6 Å². The van der Waals surface area contributed by atoms with Gasteiger partial charge in [-0.15, -0.1) is 0 Å². The number of piperidine rings is 1. The summed E-state index contributed by atoms with van der Waals surface area (Å²) in [5.74, 6) is 0.0966. The quantitative estimate of drug-likeness (QED) is 0.717. The molecule has 1 amide bonds. The van der Waals surface area contributed by atoms with E-state index in [0.29, 0.717) is 5.56 Å². The number of rotatable bonds is 4. The van der Waals surface area contributed by atoms with E-state index < -0.39 is 0 Å². The highest BCUT2D eigenvalue weighted by atomic mass is 16.2. The molecule has 3 aromatic rings. The van der Waals surface area contributed by atoms with Crippen molar-refractivity contribution < 1.29 is 4.79 Å². The van der Waals surface area contributed by atoms with Gasteiger partial charge in [0, 0.05) is 30.9 Å². The minimum Gasteiger partial charge on any atom is -0.339 e. The Bertz CT molecular complexity index is 910. The van der Waals surface area contributed by atoms with Crippen molar-refractivity contribution >= 4 is 11.6 Å². The zero-order valence-corrected chi connectivity index (χ0v) is 15.2. The Morgan fingerprint density at radius 3 is 2.62 bits per heavy atom. The summed E-state index contributed by atoms with van der Waals surface area (Å²) in [6, 6.07) is 12.1.